The molecule has 0 radical (unpaired) electrons. The van der Waals surface area contributed by atoms with E-state index in [1.54, 1.807) is 0 Å². The Hall–Kier alpha value is -1.68. The largest absolute Gasteiger partial charge is 0.369 e. The van der Waals surface area contributed by atoms with Crippen molar-refractivity contribution in [2.24, 2.45) is 11.7 Å². The molecule has 1 atom stereocenters. The number of amides is 1. The van der Waals surface area contributed by atoms with Gasteiger partial charge in [-0.25, -0.2) is 0 Å². The molecule has 4 heteroatoms. The smallest absolute Gasteiger partial charge is 0.221 e. The predicted molar refractivity (Wildman–Crippen MR) is 78.6 cm³/mol. The number of hydrogen-bond acceptors (Lipinski definition) is 3. The minimum absolute atomic E-state index is 0.109. The van der Waals surface area contributed by atoms with Crippen molar-refractivity contribution in [1.29, 1.82) is 0 Å². The molecule has 2 rings (SSSR count). The van der Waals surface area contributed by atoms with Crippen LogP contribution in [0.25, 0.3) is 0 Å². The van der Waals surface area contributed by atoms with E-state index < -0.39 is 0 Å². The van der Waals surface area contributed by atoms with Crippen molar-refractivity contribution in [3.8, 4) is 0 Å². The van der Waals surface area contributed by atoms with E-state index >= 15 is 0 Å². The minimum Gasteiger partial charge on any atom is -0.369 e. The van der Waals surface area contributed by atoms with Gasteiger partial charge in [0.05, 0.1) is 12.5 Å². The van der Waals surface area contributed by atoms with Crippen molar-refractivity contribution in [1.82, 2.24) is 4.90 Å². The fourth-order valence-electron chi connectivity index (χ4n) is 2.64. The minimum atomic E-state index is -0.256. The number of aryl methyl sites for hydroxylation is 2. The number of hydrogen-bond donors (Lipinski definition) is 1. The van der Waals surface area contributed by atoms with E-state index in [1.807, 2.05) is 36.9 Å². The Labute approximate surface area is 119 Å². The Kier molecular flexibility index (Phi) is 4.55. The van der Waals surface area contributed by atoms with Gasteiger partial charge in [-0.3, -0.25) is 14.5 Å². The Morgan fingerprint density at radius 2 is 2.05 bits per heavy atom. The zero-order chi connectivity index (χ0) is 14.7. The number of Topliss-reactive ketones (excluding diaryl/α,β-unsaturated/α-hetero) is 1. The van der Waals surface area contributed by atoms with Crippen LogP contribution in [-0.4, -0.2) is 36.2 Å². The maximum atomic E-state index is 12.3. The molecule has 0 saturated carbocycles. The summed E-state index contributed by atoms with van der Waals surface area (Å²) in [6.45, 7) is 5.88. The molecule has 0 spiro atoms. The highest BCUT2D eigenvalue weighted by atomic mass is 16.1. The molecule has 1 aromatic carbocycles. The van der Waals surface area contributed by atoms with Gasteiger partial charge in [0.15, 0.2) is 5.78 Å². The molecule has 1 aliphatic heterocycles. The molecule has 1 aliphatic rings. The lowest BCUT2D eigenvalue weighted by molar-refractivity contribution is -0.123. The van der Waals surface area contributed by atoms with Gasteiger partial charge in [0, 0.05) is 12.1 Å². The maximum absolute atomic E-state index is 12.3. The van der Waals surface area contributed by atoms with E-state index in [0.717, 1.165) is 30.5 Å². The zero-order valence-corrected chi connectivity index (χ0v) is 12.2. The summed E-state index contributed by atoms with van der Waals surface area (Å²) in [5, 5.41) is 0. The number of nitrogens with two attached hydrogens (primary N) is 1. The number of rotatable bonds is 4. The summed E-state index contributed by atoms with van der Waals surface area (Å²) in [6.07, 6.45) is 1.76. The number of ketones is 1. The first kappa shape index (κ1) is 14.7. The lowest BCUT2D eigenvalue weighted by atomic mass is 9.96. The predicted octanol–water partition coefficient (Wildman–Crippen LogP) is 1.68. The number of benzene rings is 1. The first-order chi connectivity index (χ1) is 9.47. The summed E-state index contributed by atoms with van der Waals surface area (Å²) >= 11 is 0. The summed E-state index contributed by atoms with van der Waals surface area (Å²) in [5.74, 6) is -0.261. The molecule has 0 aliphatic carbocycles. The van der Waals surface area contributed by atoms with Crippen molar-refractivity contribution in [2.45, 2.75) is 26.7 Å². The Balaban J connectivity index is 2.00. The third-order valence-corrected chi connectivity index (χ3v) is 4.10. The van der Waals surface area contributed by atoms with Gasteiger partial charge in [-0.15, -0.1) is 0 Å². The van der Waals surface area contributed by atoms with E-state index in [0.29, 0.717) is 13.1 Å². The lowest BCUT2D eigenvalue weighted by Crippen LogP contribution is -2.43. The first-order valence-electron chi connectivity index (χ1n) is 7.09. The summed E-state index contributed by atoms with van der Waals surface area (Å²) in [5.41, 5.74) is 8.42. The van der Waals surface area contributed by atoms with E-state index in [1.165, 1.54) is 5.56 Å². The van der Waals surface area contributed by atoms with Crippen molar-refractivity contribution >= 4 is 11.7 Å². The van der Waals surface area contributed by atoms with Gasteiger partial charge < -0.3 is 5.73 Å². The van der Waals surface area contributed by atoms with Crippen LogP contribution in [0.1, 0.15) is 34.3 Å². The van der Waals surface area contributed by atoms with Gasteiger partial charge in [-0.1, -0.05) is 12.1 Å². The summed E-state index contributed by atoms with van der Waals surface area (Å²) in [7, 11) is 0. The number of likely N-dealkylation sites (tertiary alicyclic amines) is 1. The topological polar surface area (TPSA) is 63.4 Å². The number of piperidine rings is 1. The van der Waals surface area contributed by atoms with Crippen LogP contribution in [0, 0.1) is 19.8 Å². The lowest BCUT2D eigenvalue weighted by Gasteiger charge is -2.30. The van der Waals surface area contributed by atoms with Gasteiger partial charge in [0.25, 0.3) is 0 Å². The highest BCUT2D eigenvalue weighted by Gasteiger charge is 2.25. The first-order valence-corrected chi connectivity index (χ1v) is 7.09. The standard InChI is InChI=1S/C16H22N2O2/c1-11-5-6-13(8-12(11)2)15(19)10-18-7-3-4-14(9-18)16(17)20/h5-6,8,14H,3-4,7,9-10H2,1-2H3,(H2,17,20). The Morgan fingerprint density at radius 3 is 2.70 bits per heavy atom. The SMILES string of the molecule is Cc1ccc(C(=O)CN2CCCC(C(N)=O)C2)cc1C. The molecule has 1 aromatic rings. The molecule has 1 amide bonds. The Morgan fingerprint density at radius 1 is 1.30 bits per heavy atom. The van der Waals surface area contributed by atoms with Gasteiger partial charge >= 0.3 is 0 Å². The van der Waals surface area contributed by atoms with Gasteiger partial charge in [-0.2, -0.15) is 0 Å². The number of primary amides is 1. The molecular formula is C16H22N2O2. The van der Waals surface area contributed by atoms with Crippen molar-refractivity contribution in [3.63, 3.8) is 0 Å². The van der Waals surface area contributed by atoms with Gasteiger partial charge in [-0.05, 0) is 50.4 Å². The van der Waals surface area contributed by atoms with E-state index in [2.05, 4.69) is 0 Å². The monoisotopic (exact) mass is 274 g/mol. The average molecular weight is 274 g/mol. The fraction of sp³-hybridized carbons (Fsp3) is 0.500. The molecule has 108 valence electrons. The Bertz CT molecular complexity index is 525. The summed E-state index contributed by atoms with van der Waals surface area (Å²) in [4.78, 5) is 25.6. The van der Waals surface area contributed by atoms with Crippen LogP contribution in [0.4, 0.5) is 0 Å². The van der Waals surface area contributed by atoms with Crippen LogP contribution in [0.3, 0.4) is 0 Å². The molecule has 1 unspecified atom stereocenters. The second kappa shape index (κ2) is 6.18. The highest BCUT2D eigenvalue weighted by molar-refractivity contribution is 5.97. The van der Waals surface area contributed by atoms with Crippen molar-refractivity contribution < 1.29 is 9.59 Å². The summed E-state index contributed by atoms with van der Waals surface area (Å²) < 4.78 is 0. The number of carbonyl (C=O) groups is 2. The highest BCUT2D eigenvalue weighted by Crippen LogP contribution is 2.17. The molecule has 2 N–H and O–H groups in total. The van der Waals surface area contributed by atoms with E-state index in [-0.39, 0.29) is 17.6 Å². The van der Waals surface area contributed by atoms with Crippen LogP contribution in [0.2, 0.25) is 0 Å². The molecule has 20 heavy (non-hydrogen) atoms. The quantitative estimate of drug-likeness (QED) is 0.850. The van der Waals surface area contributed by atoms with Gasteiger partial charge in [0.1, 0.15) is 0 Å². The van der Waals surface area contributed by atoms with Crippen molar-refractivity contribution in [3.05, 3.63) is 34.9 Å². The molecular weight excluding hydrogens is 252 g/mol. The molecule has 1 fully saturated rings. The average Bonchev–Trinajstić information content (AvgIpc) is 2.42. The second-order valence-corrected chi connectivity index (χ2v) is 5.70. The zero-order valence-electron chi connectivity index (χ0n) is 12.2. The molecule has 1 heterocycles. The van der Waals surface area contributed by atoms with Crippen LogP contribution in [0.5, 0.6) is 0 Å². The summed E-state index contributed by atoms with van der Waals surface area (Å²) in [6, 6.07) is 5.79. The third kappa shape index (κ3) is 3.45. The van der Waals surface area contributed by atoms with Crippen LogP contribution >= 0.6 is 0 Å². The second-order valence-electron chi connectivity index (χ2n) is 5.70. The molecule has 0 aromatic heterocycles. The van der Waals surface area contributed by atoms with Crippen LogP contribution < -0.4 is 5.73 Å². The third-order valence-electron chi connectivity index (χ3n) is 4.10. The van der Waals surface area contributed by atoms with Crippen LogP contribution in [-0.2, 0) is 4.79 Å². The molecule has 4 nitrogen and oxygen atoms in total. The van der Waals surface area contributed by atoms with E-state index in [9.17, 15) is 9.59 Å². The van der Waals surface area contributed by atoms with Crippen molar-refractivity contribution in [2.75, 3.05) is 19.6 Å². The van der Waals surface area contributed by atoms with E-state index in [4.69, 9.17) is 5.73 Å². The number of nitrogens with zero attached hydrogens (tertiary/aromatic N) is 1. The normalized spacial score (nSPS) is 19.8. The maximum Gasteiger partial charge on any atom is 0.221 e. The van der Waals surface area contributed by atoms with Gasteiger partial charge in [0.2, 0.25) is 5.91 Å². The molecule has 0 bridgehead atoms. The number of carbonyl (C=O) groups excluding carboxylic acids is 2. The van der Waals surface area contributed by atoms with Crippen LogP contribution in [0.15, 0.2) is 18.2 Å². The molecule has 1 saturated heterocycles. The fourth-order valence-corrected chi connectivity index (χ4v) is 2.64.